The molecule has 1 nitrogen and oxygen atoms in total. The van der Waals surface area contributed by atoms with E-state index >= 15 is 0 Å². The Bertz CT molecular complexity index is 306. The summed E-state index contributed by atoms with van der Waals surface area (Å²) in [5.41, 5.74) is 0.184. The van der Waals surface area contributed by atoms with Crippen LogP contribution in [0, 0.1) is 11.7 Å². The van der Waals surface area contributed by atoms with E-state index in [0.717, 1.165) is 18.4 Å². The van der Waals surface area contributed by atoms with Gasteiger partial charge in [-0.3, -0.25) is 0 Å². The van der Waals surface area contributed by atoms with Crippen LogP contribution in [-0.2, 0) is 5.60 Å². The molecule has 2 unspecified atom stereocenters. The molecule has 0 amide bonds. The van der Waals surface area contributed by atoms with E-state index in [0.29, 0.717) is 5.92 Å². The van der Waals surface area contributed by atoms with Crippen molar-refractivity contribution >= 4 is 0 Å². The Morgan fingerprint density at radius 3 is 2.54 bits per heavy atom. The molecule has 1 aromatic rings. The quantitative estimate of drug-likeness (QED) is 0.741. The molecule has 13 heavy (non-hydrogen) atoms. The van der Waals surface area contributed by atoms with Crippen molar-refractivity contribution in [2.24, 2.45) is 5.92 Å². The summed E-state index contributed by atoms with van der Waals surface area (Å²) in [6.45, 7) is 2.06. The number of aliphatic hydroxyl groups is 1. The van der Waals surface area contributed by atoms with Gasteiger partial charge >= 0.3 is 0 Å². The molecule has 0 radical (unpaired) electrons. The van der Waals surface area contributed by atoms with Crippen molar-refractivity contribution in [1.82, 2.24) is 0 Å². The van der Waals surface area contributed by atoms with Crippen molar-refractivity contribution in [1.29, 1.82) is 0 Å². The lowest BCUT2D eigenvalue weighted by Crippen LogP contribution is -2.08. The van der Waals surface area contributed by atoms with Crippen LogP contribution < -0.4 is 0 Å². The van der Waals surface area contributed by atoms with Crippen LogP contribution in [0.5, 0.6) is 0 Å². The maximum absolute atomic E-state index is 12.6. The Morgan fingerprint density at radius 2 is 2.08 bits per heavy atom. The van der Waals surface area contributed by atoms with Crippen LogP contribution in [-0.4, -0.2) is 5.11 Å². The largest absolute Gasteiger partial charge is 0.385 e. The highest BCUT2D eigenvalue weighted by molar-refractivity contribution is 5.29. The maximum Gasteiger partial charge on any atom is 0.123 e. The zero-order chi connectivity index (χ0) is 9.47. The Balaban J connectivity index is 2.23. The number of hydrogen-bond acceptors (Lipinski definition) is 1. The Labute approximate surface area is 77.2 Å². The highest BCUT2D eigenvalue weighted by atomic mass is 19.1. The number of halogens is 1. The third kappa shape index (κ3) is 1.35. The summed E-state index contributed by atoms with van der Waals surface area (Å²) in [5.74, 6) is 0.110. The minimum atomic E-state index is -0.664. The molecule has 0 spiro atoms. The second-order valence-corrected chi connectivity index (χ2v) is 3.74. The van der Waals surface area contributed by atoms with E-state index in [1.165, 1.54) is 12.1 Å². The van der Waals surface area contributed by atoms with Crippen LogP contribution in [0.3, 0.4) is 0 Å². The Kier molecular flexibility index (Phi) is 1.88. The van der Waals surface area contributed by atoms with Crippen LogP contribution in [0.2, 0.25) is 0 Å². The standard InChI is InChI=1S/C11H13FO/c1-2-8-7-11(8,13)9-3-5-10(12)6-4-9/h3-6,8,13H,2,7H2,1H3. The summed E-state index contributed by atoms with van der Waals surface area (Å²) in [5, 5.41) is 10.0. The van der Waals surface area contributed by atoms with Crippen molar-refractivity contribution in [3.63, 3.8) is 0 Å². The highest BCUT2D eigenvalue weighted by Gasteiger charge is 2.52. The molecule has 1 aliphatic rings. The van der Waals surface area contributed by atoms with Crippen LogP contribution in [0.25, 0.3) is 0 Å². The fraction of sp³-hybridized carbons (Fsp3) is 0.455. The molecule has 0 bridgehead atoms. The predicted octanol–water partition coefficient (Wildman–Crippen LogP) is 2.44. The molecular weight excluding hydrogens is 167 g/mol. The molecule has 1 fully saturated rings. The first kappa shape index (κ1) is 8.70. The van der Waals surface area contributed by atoms with Crippen LogP contribution in [0.1, 0.15) is 25.3 Å². The summed E-state index contributed by atoms with van der Waals surface area (Å²) in [4.78, 5) is 0. The lowest BCUT2D eigenvalue weighted by molar-refractivity contribution is 0.130. The van der Waals surface area contributed by atoms with Gasteiger partial charge in [-0.2, -0.15) is 0 Å². The molecule has 1 saturated carbocycles. The second-order valence-electron chi connectivity index (χ2n) is 3.74. The van der Waals surface area contributed by atoms with Crippen molar-refractivity contribution in [2.75, 3.05) is 0 Å². The van der Waals surface area contributed by atoms with Gasteiger partial charge in [0.2, 0.25) is 0 Å². The van der Waals surface area contributed by atoms with E-state index < -0.39 is 5.60 Å². The van der Waals surface area contributed by atoms with Crippen molar-refractivity contribution in [3.05, 3.63) is 35.6 Å². The Morgan fingerprint density at radius 1 is 1.46 bits per heavy atom. The van der Waals surface area contributed by atoms with E-state index in [9.17, 15) is 9.50 Å². The first-order valence-electron chi connectivity index (χ1n) is 4.65. The summed E-state index contributed by atoms with van der Waals surface area (Å²) < 4.78 is 12.6. The van der Waals surface area contributed by atoms with Gasteiger partial charge in [0.1, 0.15) is 5.82 Å². The van der Waals surface area contributed by atoms with Crippen LogP contribution >= 0.6 is 0 Å². The average molecular weight is 180 g/mol. The molecule has 2 rings (SSSR count). The van der Waals surface area contributed by atoms with E-state index in [1.54, 1.807) is 12.1 Å². The SMILES string of the molecule is CCC1CC1(O)c1ccc(F)cc1. The first-order valence-corrected chi connectivity index (χ1v) is 4.65. The van der Waals surface area contributed by atoms with Gasteiger partial charge in [0, 0.05) is 0 Å². The Hall–Kier alpha value is -0.890. The molecule has 2 heteroatoms. The first-order chi connectivity index (χ1) is 6.16. The number of rotatable bonds is 2. The van der Waals surface area contributed by atoms with Crippen LogP contribution in [0.4, 0.5) is 4.39 Å². The van der Waals surface area contributed by atoms with E-state index in [-0.39, 0.29) is 5.82 Å². The topological polar surface area (TPSA) is 20.2 Å². The average Bonchev–Trinajstić information content (AvgIpc) is 2.80. The van der Waals surface area contributed by atoms with Gasteiger partial charge in [0.05, 0.1) is 5.60 Å². The minimum absolute atomic E-state index is 0.249. The fourth-order valence-corrected chi connectivity index (χ4v) is 1.89. The van der Waals surface area contributed by atoms with Crippen LogP contribution in [0.15, 0.2) is 24.3 Å². The fourth-order valence-electron chi connectivity index (χ4n) is 1.89. The smallest absolute Gasteiger partial charge is 0.123 e. The lowest BCUT2D eigenvalue weighted by Gasteiger charge is -2.09. The van der Waals surface area contributed by atoms with E-state index in [2.05, 4.69) is 6.92 Å². The number of hydrogen-bond donors (Lipinski definition) is 1. The molecular formula is C11H13FO. The van der Waals surface area contributed by atoms with Gasteiger partial charge in [0.15, 0.2) is 0 Å². The van der Waals surface area contributed by atoms with Crippen molar-refractivity contribution in [2.45, 2.75) is 25.4 Å². The van der Waals surface area contributed by atoms with Gasteiger partial charge in [-0.05, 0) is 30.0 Å². The molecule has 2 atom stereocenters. The van der Waals surface area contributed by atoms with Crippen molar-refractivity contribution in [3.8, 4) is 0 Å². The summed E-state index contributed by atoms with van der Waals surface area (Å²) >= 11 is 0. The normalized spacial score (nSPS) is 31.8. The highest BCUT2D eigenvalue weighted by Crippen LogP contribution is 2.53. The lowest BCUT2D eigenvalue weighted by atomic mass is 10.0. The monoisotopic (exact) mass is 180 g/mol. The molecule has 0 aliphatic heterocycles. The predicted molar refractivity (Wildman–Crippen MR) is 48.7 cm³/mol. The van der Waals surface area contributed by atoms with Gasteiger partial charge in [-0.15, -0.1) is 0 Å². The van der Waals surface area contributed by atoms with Gasteiger partial charge in [-0.1, -0.05) is 25.5 Å². The van der Waals surface area contributed by atoms with Gasteiger partial charge < -0.3 is 5.11 Å². The molecule has 70 valence electrons. The van der Waals surface area contributed by atoms with Crippen molar-refractivity contribution < 1.29 is 9.50 Å². The molecule has 1 aliphatic carbocycles. The molecule has 0 heterocycles. The molecule has 1 aromatic carbocycles. The second kappa shape index (κ2) is 2.81. The van der Waals surface area contributed by atoms with E-state index in [4.69, 9.17) is 0 Å². The summed E-state index contributed by atoms with van der Waals surface area (Å²) in [7, 11) is 0. The maximum atomic E-state index is 12.6. The third-order valence-electron chi connectivity index (χ3n) is 2.91. The van der Waals surface area contributed by atoms with E-state index in [1.807, 2.05) is 0 Å². The summed E-state index contributed by atoms with van der Waals surface area (Å²) in [6, 6.07) is 6.15. The number of benzene rings is 1. The summed E-state index contributed by atoms with van der Waals surface area (Å²) in [6.07, 6.45) is 1.79. The minimum Gasteiger partial charge on any atom is -0.385 e. The molecule has 1 N–H and O–H groups in total. The molecule has 0 aromatic heterocycles. The van der Waals surface area contributed by atoms with Gasteiger partial charge in [0.25, 0.3) is 0 Å². The zero-order valence-electron chi connectivity index (χ0n) is 7.63. The molecule has 0 saturated heterocycles. The zero-order valence-corrected chi connectivity index (χ0v) is 7.63. The third-order valence-corrected chi connectivity index (χ3v) is 2.91. The van der Waals surface area contributed by atoms with Gasteiger partial charge in [-0.25, -0.2) is 4.39 Å².